The van der Waals surface area contributed by atoms with E-state index in [2.05, 4.69) is 78.7 Å². The Hall–Kier alpha value is -3.79. The molecule has 0 aliphatic carbocycles. The van der Waals surface area contributed by atoms with E-state index in [0.29, 0.717) is 6.61 Å². The highest BCUT2D eigenvalue weighted by atomic mass is 16.5. The van der Waals surface area contributed by atoms with Gasteiger partial charge in [0.1, 0.15) is 11.5 Å². The van der Waals surface area contributed by atoms with Crippen LogP contribution >= 0.6 is 0 Å². The van der Waals surface area contributed by atoms with E-state index >= 15 is 0 Å². The Bertz CT molecular complexity index is 1340. The molecule has 4 nitrogen and oxygen atoms in total. The van der Waals surface area contributed by atoms with Crippen molar-refractivity contribution in [2.45, 2.75) is 32.0 Å². The monoisotopic (exact) mass is 434 g/mol. The van der Waals surface area contributed by atoms with Gasteiger partial charge in [0.2, 0.25) is 6.23 Å². The molecule has 33 heavy (non-hydrogen) atoms. The lowest BCUT2D eigenvalue weighted by Gasteiger charge is -2.38. The van der Waals surface area contributed by atoms with Crippen molar-refractivity contribution in [3.05, 3.63) is 108 Å². The first-order valence-electron chi connectivity index (χ1n) is 11.6. The minimum absolute atomic E-state index is 0.119. The van der Waals surface area contributed by atoms with Crippen LogP contribution in [0.15, 0.2) is 96.1 Å². The van der Waals surface area contributed by atoms with Crippen LogP contribution in [0.3, 0.4) is 0 Å². The molecule has 2 atom stereocenters. The van der Waals surface area contributed by atoms with Gasteiger partial charge in [-0.15, -0.1) is 0 Å². The second kappa shape index (κ2) is 8.28. The van der Waals surface area contributed by atoms with Crippen molar-refractivity contribution < 1.29 is 9.47 Å². The summed E-state index contributed by atoms with van der Waals surface area (Å²) in [5.41, 5.74) is 4.47. The van der Waals surface area contributed by atoms with E-state index in [1.54, 1.807) is 0 Å². The van der Waals surface area contributed by atoms with Gasteiger partial charge < -0.3 is 9.47 Å². The number of fused-ring (bicyclic) bond motifs is 4. The fourth-order valence-corrected chi connectivity index (χ4v) is 4.91. The molecule has 6 rings (SSSR count). The van der Waals surface area contributed by atoms with Crippen LogP contribution in [0.2, 0.25) is 0 Å². The van der Waals surface area contributed by atoms with E-state index in [1.165, 1.54) is 21.9 Å². The summed E-state index contributed by atoms with van der Waals surface area (Å²) >= 11 is 0. The number of benzene rings is 4. The van der Waals surface area contributed by atoms with Crippen molar-refractivity contribution in [3.63, 3.8) is 0 Å². The summed E-state index contributed by atoms with van der Waals surface area (Å²) in [5, 5.41) is 9.77. The predicted molar refractivity (Wildman–Crippen MR) is 132 cm³/mol. The number of nitrogens with zero attached hydrogens (tertiary/aromatic N) is 2. The van der Waals surface area contributed by atoms with Crippen LogP contribution in [-0.2, 0) is 0 Å². The molecule has 0 saturated heterocycles. The minimum Gasteiger partial charge on any atom is -0.493 e. The average Bonchev–Trinajstić information content (AvgIpc) is 3.32. The third-order valence-electron chi connectivity index (χ3n) is 6.45. The zero-order valence-electron chi connectivity index (χ0n) is 18.6. The molecule has 0 fully saturated rings. The van der Waals surface area contributed by atoms with Gasteiger partial charge in [0.15, 0.2) is 0 Å². The molecule has 0 aromatic heterocycles. The van der Waals surface area contributed by atoms with Crippen LogP contribution in [-0.4, -0.2) is 17.3 Å². The van der Waals surface area contributed by atoms with E-state index in [0.717, 1.165) is 35.6 Å². The quantitative estimate of drug-likeness (QED) is 0.344. The predicted octanol–water partition coefficient (Wildman–Crippen LogP) is 6.87. The van der Waals surface area contributed by atoms with Gasteiger partial charge >= 0.3 is 0 Å². The van der Waals surface area contributed by atoms with Crippen LogP contribution < -0.4 is 9.47 Å². The Kier molecular flexibility index (Phi) is 4.99. The normalized spacial score (nSPS) is 18.9. The van der Waals surface area contributed by atoms with Crippen molar-refractivity contribution in [1.29, 1.82) is 0 Å². The fraction of sp³-hybridized carbons (Fsp3) is 0.207. The van der Waals surface area contributed by atoms with Gasteiger partial charge in [-0.3, -0.25) is 0 Å². The minimum atomic E-state index is -0.342. The molecule has 164 valence electrons. The maximum atomic E-state index is 6.56. The van der Waals surface area contributed by atoms with E-state index in [4.69, 9.17) is 14.6 Å². The van der Waals surface area contributed by atoms with Gasteiger partial charge in [-0.1, -0.05) is 79.7 Å². The second-order valence-corrected chi connectivity index (χ2v) is 8.57. The molecule has 4 aromatic rings. The van der Waals surface area contributed by atoms with Crippen molar-refractivity contribution in [2.75, 3.05) is 6.61 Å². The van der Waals surface area contributed by atoms with Gasteiger partial charge in [0, 0.05) is 17.5 Å². The lowest BCUT2D eigenvalue weighted by atomic mass is 9.93. The Morgan fingerprint density at radius 1 is 0.879 bits per heavy atom. The largest absolute Gasteiger partial charge is 0.493 e. The molecular weight excluding hydrogens is 408 g/mol. The smallest absolute Gasteiger partial charge is 0.217 e. The molecule has 0 N–H and O–H groups in total. The van der Waals surface area contributed by atoms with Crippen molar-refractivity contribution in [3.8, 4) is 11.5 Å². The maximum Gasteiger partial charge on any atom is 0.217 e. The van der Waals surface area contributed by atoms with E-state index < -0.39 is 0 Å². The maximum absolute atomic E-state index is 6.56. The topological polar surface area (TPSA) is 34.1 Å². The van der Waals surface area contributed by atoms with Crippen molar-refractivity contribution >= 4 is 16.5 Å². The number of hydrogen-bond acceptors (Lipinski definition) is 4. The molecule has 4 aromatic carbocycles. The Morgan fingerprint density at radius 3 is 2.55 bits per heavy atom. The van der Waals surface area contributed by atoms with Gasteiger partial charge in [-0.05, 0) is 35.4 Å². The fourth-order valence-electron chi connectivity index (χ4n) is 4.91. The standard InChI is InChI=1S/C29H26N2O2/c1-2-18-32-27-16-7-6-14-24(27)29-31-26(23-13-5-8-17-28(23)33-29)19-25(30-31)22-15-9-11-20-10-3-4-12-21(20)22/h3-17,26,29H,2,18-19H2,1H3/t26-,29-/m1/s1. The number of hydrogen-bond donors (Lipinski definition) is 0. The number of rotatable bonds is 5. The highest BCUT2D eigenvalue weighted by Crippen LogP contribution is 2.49. The molecule has 0 amide bonds. The molecule has 2 aliphatic heterocycles. The summed E-state index contributed by atoms with van der Waals surface area (Å²) < 4.78 is 12.7. The van der Waals surface area contributed by atoms with Crippen molar-refractivity contribution in [2.24, 2.45) is 5.10 Å². The summed E-state index contributed by atoms with van der Waals surface area (Å²) in [6.07, 6.45) is 1.45. The van der Waals surface area contributed by atoms with Gasteiger partial charge in [0.05, 0.1) is 23.9 Å². The lowest BCUT2D eigenvalue weighted by molar-refractivity contribution is -0.0206. The van der Waals surface area contributed by atoms with E-state index in [1.807, 2.05) is 24.3 Å². The molecule has 0 spiro atoms. The third kappa shape index (κ3) is 3.43. The molecule has 0 radical (unpaired) electrons. The molecule has 0 bridgehead atoms. The highest BCUT2D eigenvalue weighted by molar-refractivity contribution is 6.11. The average molecular weight is 435 g/mol. The van der Waals surface area contributed by atoms with Gasteiger partial charge in [0.25, 0.3) is 0 Å². The summed E-state index contributed by atoms with van der Waals surface area (Å²) in [6.45, 7) is 2.79. The molecule has 2 aliphatic rings. The molecule has 0 unspecified atom stereocenters. The molecule has 2 heterocycles. The first-order chi connectivity index (χ1) is 16.3. The number of hydrazone groups is 1. The van der Waals surface area contributed by atoms with Crippen LogP contribution in [0.4, 0.5) is 0 Å². The highest BCUT2D eigenvalue weighted by Gasteiger charge is 2.42. The second-order valence-electron chi connectivity index (χ2n) is 8.57. The zero-order valence-corrected chi connectivity index (χ0v) is 18.6. The summed E-state index contributed by atoms with van der Waals surface area (Å²) in [5.74, 6) is 1.78. The van der Waals surface area contributed by atoms with E-state index in [9.17, 15) is 0 Å². The Balaban J connectivity index is 1.47. The first kappa shape index (κ1) is 19.9. The van der Waals surface area contributed by atoms with Crippen LogP contribution in [0.5, 0.6) is 11.5 Å². The van der Waals surface area contributed by atoms with Crippen molar-refractivity contribution in [1.82, 2.24) is 5.01 Å². The Labute approximate surface area is 194 Å². The summed E-state index contributed by atoms with van der Waals surface area (Å²) in [6, 6.07) is 31.6. The lowest BCUT2D eigenvalue weighted by Crippen LogP contribution is -2.34. The number of para-hydroxylation sites is 2. The van der Waals surface area contributed by atoms with Crippen LogP contribution in [0, 0.1) is 0 Å². The van der Waals surface area contributed by atoms with Crippen LogP contribution in [0.25, 0.3) is 10.8 Å². The molecule has 4 heteroatoms. The summed E-state index contributed by atoms with van der Waals surface area (Å²) in [7, 11) is 0. The van der Waals surface area contributed by atoms with Gasteiger partial charge in [-0.25, -0.2) is 5.01 Å². The van der Waals surface area contributed by atoms with Gasteiger partial charge in [-0.2, -0.15) is 5.10 Å². The zero-order chi connectivity index (χ0) is 22.2. The molecule has 0 saturated carbocycles. The molecular formula is C29H26N2O2. The first-order valence-corrected chi connectivity index (χ1v) is 11.6. The third-order valence-corrected chi connectivity index (χ3v) is 6.45. The number of ether oxygens (including phenoxy) is 2. The Morgan fingerprint density at radius 2 is 1.64 bits per heavy atom. The SMILES string of the molecule is CCCOc1ccccc1[C@H]1Oc2ccccc2[C@H]2CC(c3cccc4ccccc34)=NN21. The summed E-state index contributed by atoms with van der Waals surface area (Å²) in [4.78, 5) is 0. The van der Waals surface area contributed by atoms with Crippen LogP contribution in [0.1, 0.15) is 48.7 Å². The van der Waals surface area contributed by atoms with E-state index in [-0.39, 0.29) is 12.3 Å².